The largest absolute Gasteiger partial charge is 0.468 e. The molecular weight excluding hydrogens is 332 g/mol. The number of esters is 1. The molecule has 0 aliphatic heterocycles. The van der Waals surface area contributed by atoms with E-state index >= 15 is 0 Å². The Balaban J connectivity index is 2.18. The van der Waals surface area contributed by atoms with E-state index in [0.717, 1.165) is 15.5 Å². The van der Waals surface area contributed by atoms with Crippen molar-refractivity contribution in [1.29, 1.82) is 0 Å². The Hall–Kier alpha value is -1.86. The number of thiazole rings is 1. The molecule has 1 aromatic heterocycles. The molecule has 0 fully saturated rings. The number of benzene rings is 1. The third-order valence-electron chi connectivity index (χ3n) is 3.22. The Bertz CT molecular complexity index is 708. The first-order valence-corrected chi connectivity index (χ1v) is 8.71. The van der Waals surface area contributed by atoms with Crippen molar-refractivity contribution in [3.8, 4) is 0 Å². The molecule has 0 saturated heterocycles. The summed E-state index contributed by atoms with van der Waals surface area (Å²) in [7, 11) is 1.35. The second-order valence-corrected chi connectivity index (χ2v) is 7.48. The van der Waals surface area contributed by atoms with E-state index in [1.54, 1.807) is 19.1 Å². The van der Waals surface area contributed by atoms with Gasteiger partial charge in [-0.3, -0.25) is 14.9 Å². The maximum absolute atomic E-state index is 12.5. The SMILES string of the molecule is COC(=O)C(C)Sc1ccccc1C(=O)Nc1nc(C)c(C)s1. The first-order chi connectivity index (χ1) is 10.9. The van der Waals surface area contributed by atoms with Gasteiger partial charge in [-0.15, -0.1) is 23.1 Å². The second-order valence-electron chi connectivity index (χ2n) is 4.89. The van der Waals surface area contributed by atoms with E-state index in [1.807, 2.05) is 26.0 Å². The lowest BCUT2D eigenvalue weighted by atomic mass is 10.2. The van der Waals surface area contributed by atoms with Gasteiger partial charge in [0, 0.05) is 9.77 Å². The van der Waals surface area contributed by atoms with Gasteiger partial charge in [-0.1, -0.05) is 12.1 Å². The predicted octanol–water partition coefficient (Wildman–Crippen LogP) is 3.67. The number of aromatic nitrogens is 1. The first kappa shape index (κ1) is 17.5. The summed E-state index contributed by atoms with van der Waals surface area (Å²) in [5.41, 5.74) is 1.42. The maximum Gasteiger partial charge on any atom is 0.318 e. The highest BCUT2D eigenvalue weighted by molar-refractivity contribution is 8.00. The fraction of sp³-hybridized carbons (Fsp3) is 0.312. The average molecular weight is 350 g/mol. The van der Waals surface area contributed by atoms with Crippen LogP contribution in [0, 0.1) is 13.8 Å². The molecule has 5 nitrogen and oxygen atoms in total. The van der Waals surface area contributed by atoms with Crippen molar-refractivity contribution < 1.29 is 14.3 Å². The lowest BCUT2D eigenvalue weighted by Crippen LogP contribution is -2.17. The number of hydrogen-bond donors (Lipinski definition) is 1. The third-order valence-corrected chi connectivity index (χ3v) is 5.36. The molecule has 0 bridgehead atoms. The average Bonchev–Trinajstić information content (AvgIpc) is 2.84. The number of anilines is 1. The number of hydrogen-bond acceptors (Lipinski definition) is 6. The van der Waals surface area contributed by atoms with Crippen molar-refractivity contribution in [1.82, 2.24) is 4.98 Å². The second kappa shape index (κ2) is 7.61. The summed E-state index contributed by atoms with van der Waals surface area (Å²) in [5, 5.41) is 3.00. The van der Waals surface area contributed by atoms with Crippen LogP contribution in [-0.4, -0.2) is 29.2 Å². The Morgan fingerprint density at radius 1 is 1.30 bits per heavy atom. The van der Waals surface area contributed by atoms with Gasteiger partial charge in [0.15, 0.2) is 5.13 Å². The van der Waals surface area contributed by atoms with Gasteiger partial charge < -0.3 is 4.74 Å². The number of methoxy groups -OCH3 is 1. The van der Waals surface area contributed by atoms with Crippen LogP contribution in [-0.2, 0) is 9.53 Å². The lowest BCUT2D eigenvalue weighted by molar-refractivity contribution is -0.139. The molecule has 0 radical (unpaired) electrons. The fourth-order valence-electron chi connectivity index (χ4n) is 1.85. The number of thioether (sulfide) groups is 1. The van der Waals surface area contributed by atoms with Crippen molar-refractivity contribution in [3.63, 3.8) is 0 Å². The number of carbonyl (C=O) groups excluding carboxylic acids is 2. The van der Waals surface area contributed by atoms with E-state index in [2.05, 4.69) is 10.3 Å². The highest BCUT2D eigenvalue weighted by Crippen LogP contribution is 2.29. The van der Waals surface area contributed by atoms with Gasteiger partial charge >= 0.3 is 5.97 Å². The minimum absolute atomic E-state index is 0.237. The number of nitrogens with one attached hydrogen (secondary N) is 1. The highest BCUT2D eigenvalue weighted by Gasteiger charge is 2.19. The zero-order valence-corrected chi connectivity index (χ0v) is 15.0. The molecule has 1 heterocycles. The molecular formula is C16H18N2O3S2. The van der Waals surface area contributed by atoms with Crippen LogP contribution in [0.3, 0.4) is 0 Å². The van der Waals surface area contributed by atoms with E-state index in [-0.39, 0.29) is 11.9 Å². The van der Waals surface area contributed by atoms with Crippen LogP contribution in [0.2, 0.25) is 0 Å². The number of nitrogens with zero attached hydrogens (tertiary/aromatic N) is 1. The standard InChI is InChI=1S/C16H18N2O3S2/c1-9-10(2)23-16(17-9)18-14(19)12-7-5-6-8-13(12)22-11(3)15(20)21-4/h5-8,11H,1-4H3,(H,17,18,19). The van der Waals surface area contributed by atoms with E-state index < -0.39 is 5.25 Å². The Kier molecular flexibility index (Phi) is 5.79. The number of amides is 1. The minimum Gasteiger partial charge on any atom is -0.468 e. The van der Waals surface area contributed by atoms with Gasteiger partial charge in [-0.2, -0.15) is 0 Å². The van der Waals surface area contributed by atoms with Crippen LogP contribution < -0.4 is 5.32 Å². The molecule has 122 valence electrons. The van der Waals surface area contributed by atoms with E-state index in [1.165, 1.54) is 30.2 Å². The van der Waals surface area contributed by atoms with E-state index in [0.29, 0.717) is 10.7 Å². The Morgan fingerprint density at radius 2 is 2.00 bits per heavy atom. The molecule has 2 aromatic rings. The van der Waals surface area contributed by atoms with Crippen LogP contribution in [0.5, 0.6) is 0 Å². The number of ether oxygens (including phenoxy) is 1. The quantitative estimate of drug-likeness (QED) is 0.658. The summed E-state index contributed by atoms with van der Waals surface area (Å²) < 4.78 is 4.73. The molecule has 0 spiro atoms. The van der Waals surface area contributed by atoms with Crippen LogP contribution in [0.1, 0.15) is 27.9 Å². The maximum atomic E-state index is 12.5. The molecule has 0 aliphatic rings. The van der Waals surface area contributed by atoms with Gasteiger partial charge in [-0.05, 0) is 32.9 Å². The summed E-state index contributed by atoms with van der Waals surface area (Å²) >= 11 is 2.74. The van der Waals surface area contributed by atoms with Gasteiger partial charge in [0.2, 0.25) is 0 Å². The lowest BCUT2D eigenvalue weighted by Gasteiger charge is -2.12. The van der Waals surface area contributed by atoms with Gasteiger partial charge in [0.25, 0.3) is 5.91 Å². The van der Waals surface area contributed by atoms with Crippen molar-refractivity contribution in [3.05, 3.63) is 40.4 Å². The van der Waals surface area contributed by atoms with Gasteiger partial charge in [0.1, 0.15) is 5.25 Å². The summed E-state index contributed by atoms with van der Waals surface area (Å²) in [4.78, 5) is 30.2. The zero-order valence-electron chi connectivity index (χ0n) is 13.4. The van der Waals surface area contributed by atoms with Crippen molar-refractivity contribution in [2.24, 2.45) is 0 Å². The molecule has 1 atom stereocenters. The number of carbonyl (C=O) groups is 2. The predicted molar refractivity (Wildman–Crippen MR) is 93.3 cm³/mol. The smallest absolute Gasteiger partial charge is 0.318 e. The fourth-order valence-corrected chi connectivity index (χ4v) is 3.68. The normalized spacial score (nSPS) is 11.8. The third kappa shape index (κ3) is 4.33. The van der Waals surface area contributed by atoms with E-state index in [4.69, 9.17) is 4.74 Å². The zero-order chi connectivity index (χ0) is 17.0. The minimum atomic E-state index is -0.390. The Labute approximate surface area is 143 Å². The van der Waals surface area contributed by atoms with Crippen molar-refractivity contribution in [2.45, 2.75) is 30.9 Å². The van der Waals surface area contributed by atoms with Crippen LogP contribution in [0.15, 0.2) is 29.2 Å². The molecule has 0 saturated carbocycles. The Morgan fingerprint density at radius 3 is 2.61 bits per heavy atom. The summed E-state index contributed by atoms with van der Waals surface area (Å²) in [5.74, 6) is -0.560. The summed E-state index contributed by atoms with van der Waals surface area (Å²) in [6.45, 7) is 5.62. The van der Waals surface area contributed by atoms with Crippen molar-refractivity contribution in [2.75, 3.05) is 12.4 Å². The molecule has 1 amide bonds. The molecule has 7 heteroatoms. The monoisotopic (exact) mass is 350 g/mol. The topological polar surface area (TPSA) is 68.3 Å². The van der Waals surface area contributed by atoms with Crippen LogP contribution >= 0.6 is 23.1 Å². The molecule has 2 rings (SSSR count). The number of aryl methyl sites for hydroxylation is 2. The van der Waals surface area contributed by atoms with Crippen LogP contribution in [0.4, 0.5) is 5.13 Å². The van der Waals surface area contributed by atoms with E-state index in [9.17, 15) is 9.59 Å². The highest BCUT2D eigenvalue weighted by atomic mass is 32.2. The van der Waals surface area contributed by atoms with Gasteiger partial charge in [0.05, 0.1) is 18.4 Å². The first-order valence-electron chi connectivity index (χ1n) is 7.01. The molecule has 0 aliphatic carbocycles. The summed E-state index contributed by atoms with van der Waals surface area (Å²) in [6, 6.07) is 7.17. The molecule has 1 unspecified atom stereocenters. The van der Waals surface area contributed by atoms with Crippen LogP contribution in [0.25, 0.3) is 0 Å². The number of rotatable bonds is 5. The molecule has 1 N–H and O–H groups in total. The molecule has 1 aromatic carbocycles. The molecule has 23 heavy (non-hydrogen) atoms. The van der Waals surface area contributed by atoms with Crippen molar-refractivity contribution >= 4 is 40.1 Å². The summed E-state index contributed by atoms with van der Waals surface area (Å²) in [6.07, 6.45) is 0. The van der Waals surface area contributed by atoms with Gasteiger partial charge in [-0.25, -0.2) is 4.98 Å².